The van der Waals surface area contributed by atoms with Gasteiger partial charge in [0.15, 0.2) is 0 Å². The molecule has 0 radical (unpaired) electrons. The van der Waals surface area contributed by atoms with Crippen molar-refractivity contribution < 1.29 is 18.3 Å². The Bertz CT molecular complexity index is 683. The minimum absolute atomic E-state index is 0.0317. The molecule has 0 aromatic heterocycles. The number of amides is 1. The summed E-state index contributed by atoms with van der Waals surface area (Å²) in [4.78, 5) is 11.3. The van der Waals surface area contributed by atoms with Crippen LogP contribution in [-0.4, -0.2) is 31.6 Å². The average Bonchev–Trinajstić information content (AvgIpc) is 2.64. The molecule has 20 heavy (non-hydrogen) atoms. The first-order valence-corrected chi connectivity index (χ1v) is 8.04. The number of hydrogen-bond acceptors (Lipinski definition) is 4. The van der Waals surface area contributed by atoms with Crippen molar-refractivity contribution in [1.29, 1.82) is 0 Å². The van der Waals surface area contributed by atoms with Crippen LogP contribution < -0.4 is 10.0 Å². The van der Waals surface area contributed by atoms with Crippen LogP contribution in [0, 0.1) is 0 Å². The second-order valence-corrected chi connectivity index (χ2v) is 7.20. The van der Waals surface area contributed by atoms with Gasteiger partial charge in [0.25, 0.3) is 0 Å². The zero-order chi connectivity index (χ0) is 14.5. The molecule has 108 valence electrons. The number of benzene rings is 1. The van der Waals surface area contributed by atoms with Gasteiger partial charge in [0.1, 0.15) is 4.90 Å². The zero-order valence-electron chi connectivity index (χ0n) is 10.4. The van der Waals surface area contributed by atoms with Crippen LogP contribution in [0.15, 0.2) is 17.0 Å². The van der Waals surface area contributed by atoms with E-state index in [1.54, 1.807) is 0 Å². The highest BCUT2D eigenvalue weighted by molar-refractivity contribution is 7.89. The van der Waals surface area contributed by atoms with E-state index < -0.39 is 16.1 Å². The summed E-state index contributed by atoms with van der Waals surface area (Å²) >= 11 is 5.99. The van der Waals surface area contributed by atoms with Gasteiger partial charge >= 0.3 is 0 Å². The molecule has 1 aliphatic heterocycles. The SMILES string of the molecule is O=C1Cc2cc(S(=O)(=O)NC3CC(O)C3)c(Cl)cc2N1. The minimum atomic E-state index is -3.75. The van der Waals surface area contributed by atoms with Crippen molar-refractivity contribution >= 4 is 33.2 Å². The predicted molar refractivity (Wildman–Crippen MR) is 73.1 cm³/mol. The van der Waals surface area contributed by atoms with Gasteiger partial charge in [0, 0.05) is 11.7 Å². The van der Waals surface area contributed by atoms with Crippen molar-refractivity contribution in [1.82, 2.24) is 4.72 Å². The molecule has 8 heteroatoms. The van der Waals surface area contributed by atoms with Gasteiger partial charge < -0.3 is 10.4 Å². The number of carbonyl (C=O) groups is 1. The molecule has 1 saturated carbocycles. The summed E-state index contributed by atoms with van der Waals surface area (Å²) in [5, 5.41) is 11.9. The summed E-state index contributed by atoms with van der Waals surface area (Å²) in [6.45, 7) is 0. The van der Waals surface area contributed by atoms with Crippen molar-refractivity contribution in [2.24, 2.45) is 0 Å². The number of aliphatic hydroxyl groups is 1. The maximum absolute atomic E-state index is 12.3. The summed E-state index contributed by atoms with van der Waals surface area (Å²) in [5.41, 5.74) is 1.17. The number of nitrogens with one attached hydrogen (secondary N) is 2. The molecule has 0 saturated heterocycles. The number of anilines is 1. The fraction of sp³-hybridized carbons (Fsp3) is 0.417. The molecule has 1 amide bonds. The van der Waals surface area contributed by atoms with Gasteiger partial charge in [-0.3, -0.25) is 4.79 Å². The standard InChI is InChI=1S/C12H13ClN2O4S/c13-9-5-10-6(2-12(17)14-10)1-11(9)20(18,19)15-7-3-8(16)4-7/h1,5,7-8,15-16H,2-4H2,(H,14,17). The van der Waals surface area contributed by atoms with Gasteiger partial charge in [-0.15, -0.1) is 0 Å². The van der Waals surface area contributed by atoms with E-state index in [1.165, 1.54) is 12.1 Å². The van der Waals surface area contributed by atoms with E-state index in [2.05, 4.69) is 10.0 Å². The first-order valence-electron chi connectivity index (χ1n) is 6.18. The monoisotopic (exact) mass is 316 g/mol. The van der Waals surface area contributed by atoms with Crippen molar-refractivity contribution in [2.45, 2.75) is 36.3 Å². The Morgan fingerprint density at radius 2 is 2.05 bits per heavy atom. The van der Waals surface area contributed by atoms with Crippen LogP contribution in [-0.2, 0) is 21.2 Å². The molecule has 1 aromatic carbocycles. The number of hydrogen-bond donors (Lipinski definition) is 3. The van der Waals surface area contributed by atoms with E-state index in [1.807, 2.05) is 0 Å². The molecule has 6 nitrogen and oxygen atoms in total. The van der Waals surface area contributed by atoms with E-state index >= 15 is 0 Å². The van der Waals surface area contributed by atoms with Crippen LogP contribution in [0.1, 0.15) is 18.4 Å². The largest absolute Gasteiger partial charge is 0.393 e. The van der Waals surface area contributed by atoms with Crippen LogP contribution in [0.5, 0.6) is 0 Å². The Morgan fingerprint density at radius 3 is 2.70 bits per heavy atom. The number of fused-ring (bicyclic) bond motifs is 1. The first kappa shape index (κ1) is 13.8. The Labute approximate surface area is 121 Å². The van der Waals surface area contributed by atoms with E-state index in [-0.39, 0.29) is 28.3 Å². The Hall–Kier alpha value is -1.15. The normalized spacial score (nSPS) is 25.0. The van der Waals surface area contributed by atoms with Crippen LogP contribution in [0.25, 0.3) is 0 Å². The molecule has 3 rings (SSSR count). The number of sulfonamides is 1. The molecule has 1 aromatic rings. The van der Waals surface area contributed by atoms with Gasteiger partial charge in [-0.05, 0) is 30.5 Å². The van der Waals surface area contributed by atoms with Crippen LogP contribution in [0.4, 0.5) is 5.69 Å². The van der Waals surface area contributed by atoms with Gasteiger partial charge in [0.05, 0.1) is 17.5 Å². The maximum atomic E-state index is 12.3. The summed E-state index contributed by atoms with van der Waals surface area (Å²) in [5.74, 6) is -0.180. The van der Waals surface area contributed by atoms with Crippen molar-refractivity contribution in [3.05, 3.63) is 22.7 Å². The first-order chi connectivity index (χ1) is 9.35. The van der Waals surface area contributed by atoms with E-state index in [4.69, 9.17) is 11.6 Å². The number of halogens is 1. The summed E-state index contributed by atoms with van der Waals surface area (Å²) in [6, 6.07) is 2.61. The van der Waals surface area contributed by atoms with Gasteiger partial charge in [0.2, 0.25) is 15.9 Å². The van der Waals surface area contributed by atoms with E-state index in [9.17, 15) is 18.3 Å². The molecule has 3 N–H and O–H groups in total. The van der Waals surface area contributed by atoms with Crippen molar-refractivity contribution in [3.8, 4) is 0 Å². The third-order valence-electron chi connectivity index (χ3n) is 3.51. The molecular weight excluding hydrogens is 304 g/mol. The molecule has 2 aliphatic rings. The van der Waals surface area contributed by atoms with E-state index in [0.717, 1.165) is 0 Å². The molecule has 0 atom stereocenters. The van der Waals surface area contributed by atoms with Gasteiger partial charge in [-0.1, -0.05) is 11.6 Å². The molecule has 1 heterocycles. The Balaban J connectivity index is 1.90. The number of rotatable bonds is 3. The van der Waals surface area contributed by atoms with Gasteiger partial charge in [-0.2, -0.15) is 0 Å². The highest BCUT2D eigenvalue weighted by atomic mass is 35.5. The van der Waals surface area contributed by atoms with Crippen LogP contribution in [0.2, 0.25) is 5.02 Å². The summed E-state index contributed by atoms with van der Waals surface area (Å²) in [6.07, 6.45) is 0.515. The Morgan fingerprint density at radius 1 is 1.35 bits per heavy atom. The lowest BCUT2D eigenvalue weighted by Gasteiger charge is -2.31. The highest BCUT2D eigenvalue weighted by Crippen LogP contribution is 2.33. The third-order valence-corrected chi connectivity index (χ3v) is 5.49. The summed E-state index contributed by atoms with van der Waals surface area (Å²) in [7, 11) is -3.75. The second kappa shape index (κ2) is 4.70. The third kappa shape index (κ3) is 2.42. The second-order valence-electron chi connectivity index (χ2n) is 5.11. The smallest absolute Gasteiger partial charge is 0.242 e. The number of aliphatic hydroxyl groups excluding tert-OH is 1. The molecule has 0 unspecified atom stereocenters. The lowest BCUT2D eigenvalue weighted by molar-refractivity contribution is -0.115. The van der Waals surface area contributed by atoms with Crippen LogP contribution in [0.3, 0.4) is 0 Å². The lowest BCUT2D eigenvalue weighted by atomic mass is 9.91. The molecule has 0 spiro atoms. The molecule has 1 aliphatic carbocycles. The predicted octanol–water partition coefficient (Wildman–Crippen LogP) is 0.636. The molecule has 1 fully saturated rings. The average molecular weight is 317 g/mol. The zero-order valence-corrected chi connectivity index (χ0v) is 12.0. The maximum Gasteiger partial charge on any atom is 0.242 e. The van der Waals surface area contributed by atoms with Crippen molar-refractivity contribution in [2.75, 3.05) is 5.32 Å². The fourth-order valence-electron chi connectivity index (χ4n) is 2.40. The van der Waals surface area contributed by atoms with Gasteiger partial charge in [-0.25, -0.2) is 13.1 Å². The highest BCUT2D eigenvalue weighted by Gasteiger charge is 2.33. The van der Waals surface area contributed by atoms with Crippen LogP contribution >= 0.6 is 11.6 Å². The van der Waals surface area contributed by atoms with Crippen molar-refractivity contribution in [3.63, 3.8) is 0 Å². The minimum Gasteiger partial charge on any atom is -0.393 e. The number of carbonyl (C=O) groups excluding carboxylic acids is 1. The fourth-order valence-corrected chi connectivity index (χ4v) is 4.24. The van der Waals surface area contributed by atoms with E-state index in [0.29, 0.717) is 24.1 Å². The Kier molecular flexibility index (Phi) is 3.24. The molecular formula is C12H13ClN2O4S. The topological polar surface area (TPSA) is 95.5 Å². The lowest BCUT2D eigenvalue weighted by Crippen LogP contribution is -2.46. The molecule has 0 bridgehead atoms. The quantitative estimate of drug-likeness (QED) is 0.762. The summed E-state index contributed by atoms with van der Waals surface area (Å²) < 4.78 is 27.0.